The van der Waals surface area contributed by atoms with Crippen LogP contribution in [0, 0.1) is 0 Å². The van der Waals surface area contributed by atoms with Crippen molar-refractivity contribution in [2.24, 2.45) is 5.73 Å². The second kappa shape index (κ2) is 8.52. The third kappa shape index (κ3) is 4.16. The third-order valence-electron chi connectivity index (χ3n) is 4.71. The minimum Gasteiger partial charge on any atom is -0.493 e. The van der Waals surface area contributed by atoms with Gasteiger partial charge in [0.2, 0.25) is 0 Å². The number of nitrogens with zero attached hydrogens (tertiary/aromatic N) is 2. The van der Waals surface area contributed by atoms with Crippen LogP contribution in [0.1, 0.15) is 32.4 Å². The molecule has 0 saturated carbocycles. The van der Waals surface area contributed by atoms with Gasteiger partial charge in [-0.2, -0.15) is 0 Å². The highest BCUT2D eigenvalue weighted by Gasteiger charge is 2.29. The van der Waals surface area contributed by atoms with Crippen LogP contribution in [0.5, 0.6) is 11.5 Å². The lowest BCUT2D eigenvalue weighted by Gasteiger charge is -2.43. The first-order valence-corrected chi connectivity index (χ1v) is 8.63. The largest absolute Gasteiger partial charge is 0.493 e. The molecule has 5 nitrogen and oxygen atoms in total. The molecule has 0 spiro atoms. The summed E-state index contributed by atoms with van der Waals surface area (Å²) < 4.78 is 11.1. The van der Waals surface area contributed by atoms with Crippen LogP contribution in [0.25, 0.3) is 0 Å². The zero-order valence-corrected chi connectivity index (χ0v) is 14.9. The Morgan fingerprint density at radius 3 is 2.61 bits per heavy atom. The van der Waals surface area contributed by atoms with Crippen LogP contribution in [-0.4, -0.2) is 62.3 Å². The Labute approximate surface area is 140 Å². The summed E-state index contributed by atoms with van der Waals surface area (Å²) in [6, 6.07) is 6.89. The molecule has 0 aromatic heterocycles. The first-order valence-electron chi connectivity index (χ1n) is 8.63. The zero-order chi connectivity index (χ0) is 16.8. The van der Waals surface area contributed by atoms with E-state index in [1.807, 2.05) is 13.0 Å². The first kappa shape index (κ1) is 18.0. The number of methoxy groups -OCH3 is 1. The average Bonchev–Trinajstić information content (AvgIpc) is 2.58. The van der Waals surface area contributed by atoms with Crippen molar-refractivity contribution in [2.45, 2.75) is 32.9 Å². The number of nitrogens with two attached hydrogens (primary N) is 1. The number of ether oxygens (including phenoxy) is 2. The Bertz CT molecular complexity index is 495. The topological polar surface area (TPSA) is 51.0 Å². The van der Waals surface area contributed by atoms with Gasteiger partial charge in [-0.3, -0.25) is 4.90 Å². The van der Waals surface area contributed by atoms with Crippen molar-refractivity contribution in [1.29, 1.82) is 0 Å². The predicted molar refractivity (Wildman–Crippen MR) is 94.2 cm³/mol. The summed E-state index contributed by atoms with van der Waals surface area (Å²) >= 11 is 0. The van der Waals surface area contributed by atoms with Gasteiger partial charge in [0.25, 0.3) is 0 Å². The van der Waals surface area contributed by atoms with E-state index >= 15 is 0 Å². The van der Waals surface area contributed by atoms with Gasteiger partial charge in [0.1, 0.15) is 0 Å². The lowest BCUT2D eigenvalue weighted by atomic mass is 10.0. The number of rotatable bonds is 7. The van der Waals surface area contributed by atoms with Crippen molar-refractivity contribution < 1.29 is 9.47 Å². The van der Waals surface area contributed by atoms with E-state index in [9.17, 15) is 0 Å². The second-order valence-corrected chi connectivity index (χ2v) is 6.07. The van der Waals surface area contributed by atoms with E-state index in [1.54, 1.807) is 7.11 Å². The van der Waals surface area contributed by atoms with Gasteiger partial charge in [-0.1, -0.05) is 13.0 Å². The maximum Gasteiger partial charge on any atom is 0.161 e. The molecular formula is C18H31N3O2. The molecule has 1 aliphatic rings. The quantitative estimate of drug-likeness (QED) is 0.834. The lowest BCUT2D eigenvalue weighted by Crippen LogP contribution is -2.53. The molecule has 1 aromatic carbocycles. The van der Waals surface area contributed by atoms with Crippen molar-refractivity contribution in [3.05, 3.63) is 23.8 Å². The fraction of sp³-hybridized carbons (Fsp3) is 0.667. The molecule has 1 heterocycles. The van der Waals surface area contributed by atoms with E-state index in [4.69, 9.17) is 15.2 Å². The Hall–Kier alpha value is -1.30. The van der Waals surface area contributed by atoms with E-state index in [0.717, 1.165) is 37.7 Å². The number of hydrogen-bond donors (Lipinski definition) is 1. The molecule has 2 N–H and O–H groups in total. The van der Waals surface area contributed by atoms with Gasteiger partial charge in [-0.15, -0.1) is 0 Å². The van der Waals surface area contributed by atoms with Crippen LogP contribution in [0.2, 0.25) is 0 Å². The van der Waals surface area contributed by atoms with Crippen LogP contribution in [-0.2, 0) is 0 Å². The smallest absolute Gasteiger partial charge is 0.161 e. The standard InChI is InChI=1S/C18H31N3O2/c1-5-20-9-10-21(14(3)13-20)16(12-19)15-7-8-17(23-6-2)18(11-15)22-4/h7-8,11,14,16H,5-6,9-10,12-13,19H2,1-4H3. The molecule has 0 aliphatic carbocycles. The normalized spacial score (nSPS) is 21.2. The maximum absolute atomic E-state index is 6.13. The van der Waals surface area contributed by atoms with Gasteiger partial charge in [-0.25, -0.2) is 0 Å². The summed E-state index contributed by atoms with van der Waals surface area (Å²) in [6.07, 6.45) is 0. The van der Waals surface area contributed by atoms with Gasteiger partial charge < -0.3 is 20.1 Å². The van der Waals surface area contributed by atoms with Crippen LogP contribution in [0.3, 0.4) is 0 Å². The summed E-state index contributed by atoms with van der Waals surface area (Å²) in [5, 5.41) is 0. The lowest BCUT2D eigenvalue weighted by molar-refractivity contribution is 0.0535. The molecule has 0 amide bonds. The van der Waals surface area contributed by atoms with Crippen LogP contribution >= 0.6 is 0 Å². The number of benzene rings is 1. The average molecular weight is 321 g/mol. The fourth-order valence-electron chi connectivity index (χ4n) is 3.43. The van der Waals surface area contributed by atoms with Gasteiger partial charge in [0.15, 0.2) is 11.5 Å². The molecule has 1 saturated heterocycles. The molecular weight excluding hydrogens is 290 g/mol. The first-order chi connectivity index (χ1) is 11.1. The molecule has 1 aliphatic heterocycles. The predicted octanol–water partition coefficient (Wildman–Crippen LogP) is 2.12. The Morgan fingerprint density at radius 1 is 1.26 bits per heavy atom. The Morgan fingerprint density at radius 2 is 2.04 bits per heavy atom. The van der Waals surface area contributed by atoms with Gasteiger partial charge >= 0.3 is 0 Å². The molecule has 0 radical (unpaired) electrons. The molecule has 1 aromatic rings. The highest BCUT2D eigenvalue weighted by molar-refractivity contribution is 5.44. The fourth-order valence-corrected chi connectivity index (χ4v) is 3.43. The highest BCUT2D eigenvalue weighted by Crippen LogP contribution is 2.33. The highest BCUT2D eigenvalue weighted by atomic mass is 16.5. The zero-order valence-electron chi connectivity index (χ0n) is 14.9. The van der Waals surface area contributed by atoms with E-state index in [-0.39, 0.29) is 6.04 Å². The van der Waals surface area contributed by atoms with Crippen LogP contribution < -0.4 is 15.2 Å². The van der Waals surface area contributed by atoms with E-state index in [2.05, 4.69) is 35.8 Å². The monoisotopic (exact) mass is 321 g/mol. The second-order valence-electron chi connectivity index (χ2n) is 6.07. The van der Waals surface area contributed by atoms with Crippen molar-refractivity contribution in [2.75, 3.05) is 46.4 Å². The van der Waals surface area contributed by atoms with Crippen molar-refractivity contribution >= 4 is 0 Å². The minimum atomic E-state index is 0.216. The van der Waals surface area contributed by atoms with Gasteiger partial charge in [0, 0.05) is 38.3 Å². The van der Waals surface area contributed by atoms with Crippen molar-refractivity contribution in [3.8, 4) is 11.5 Å². The molecule has 2 rings (SSSR count). The van der Waals surface area contributed by atoms with Crippen molar-refractivity contribution in [1.82, 2.24) is 9.80 Å². The number of piperazine rings is 1. The molecule has 2 atom stereocenters. The molecule has 1 fully saturated rings. The summed E-state index contributed by atoms with van der Waals surface area (Å²) in [5.74, 6) is 1.57. The summed E-state index contributed by atoms with van der Waals surface area (Å²) in [5.41, 5.74) is 7.32. The van der Waals surface area contributed by atoms with Gasteiger partial charge in [-0.05, 0) is 38.1 Å². The molecule has 2 unspecified atom stereocenters. The molecule has 130 valence electrons. The summed E-state index contributed by atoms with van der Waals surface area (Å²) in [4.78, 5) is 5.01. The maximum atomic E-state index is 6.13. The molecule has 0 bridgehead atoms. The Balaban J connectivity index is 2.20. The van der Waals surface area contributed by atoms with Gasteiger partial charge in [0.05, 0.1) is 13.7 Å². The summed E-state index contributed by atoms with van der Waals surface area (Å²) in [6.45, 7) is 12.1. The molecule has 23 heavy (non-hydrogen) atoms. The van der Waals surface area contributed by atoms with E-state index in [1.165, 1.54) is 5.56 Å². The van der Waals surface area contributed by atoms with E-state index < -0.39 is 0 Å². The van der Waals surface area contributed by atoms with E-state index in [0.29, 0.717) is 19.2 Å². The molecule has 5 heteroatoms. The Kier molecular flexibility index (Phi) is 6.69. The minimum absolute atomic E-state index is 0.216. The van der Waals surface area contributed by atoms with Crippen molar-refractivity contribution in [3.63, 3.8) is 0 Å². The number of hydrogen-bond acceptors (Lipinski definition) is 5. The third-order valence-corrected chi connectivity index (χ3v) is 4.71. The SMILES string of the molecule is CCOc1ccc(C(CN)N2CCN(CC)CC2C)cc1OC. The number of likely N-dealkylation sites (N-methyl/N-ethyl adjacent to an activating group) is 1. The van der Waals surface area contributed by atoms with Crippen LogP contribution in [0.15, 0.2) is 18.2 Å². The summed E-state index contributed by atoms with van der Waals surface area (Å²) in [7, 11) is 1.68. The van der Waals surface area contributed by atoms with Crippen LogP contribution in [0.4, 0.5) is 0 Å².